The summed E-state index contributed by atoms with van der Waals surface area (Å²) in [6, 6.07) is -0.216. The summed E-state index contributed by atoms with van der Waals surface area (Å²) in [7, 11) is 0. The zero-order valence-electron chi connectivity index (χ0n) is 5.71. The molecule has 10 heavy (non-hydrogen) atoms. The molecule has 0 aromatic carbocycles. The molecule has 0 saturated carbocycles. The van der Waals surface area contributed by atoms with E-state index in [1.807, 2.05) is 0 Å². The van der Waals surface area contributed by atoms with E-state index in [0.29, 0.717) is 13.0 Å². The molecule has 1 aliphatic heterocycles. The van der Waals surface area contributed by atoms with Gasteiger partial charge in [-0.1, -0.05) is 0 Å². The highest BCUT2D eigenvalue weighted by Gasteiger charge is 2.27. The summed E-state index contributed by atoms with van der Waals surface area (Å²) < 4.78 is 0. The first-order valence-electron chi connectivity index (χ1n) is 3.41. The van der Waals surface area contributed by atoms with Gasteiger partial charge in [0.2, 0.25) is 0 Å². The molecule has 1 aliphatic rings. The molecule has 2 atom stereocenters. The maximum absolute atomic E-state index is 10.5. The molecule has 0 aromatic heterocycles. The van der Waals surface area contributed by atoms with Crippen molar-refractivity contribution in [2.24, 2.45) is 11.7 Å². The fraction of sp³-hybridized carbons (Fsp3) is 0.833. The topological polar surface area (TPSA) is 75.3 Å². The summed E-state index contributed by atoms with van der Waals surface area (Å²) in [6.45, 7) is 1.39. The van der Waals surface area contributed by atoms with Crippen LogP contribution in [-0.2, 0) is 4.79 Å². The van der Waals surface area contributed by atoms with E-state index >= 15 is 0 Å². The van der Waals surface area contributed by atoms with Crippen LogP contribution in [0.1, 0.15) is 6.42 Å². The zero-order chi connectivity index (χ0) is 7.56. The molecule has 4 heteroatoms. The largest absolute Gasteiger partial charge is 0.481 e. The maximum atomic E-state index is 10.5. The third-order valence-electron chi connectivity index (χ3n) is 1.85. The smallest absolute Gasteiger partial charge is 0.308 e. The number of rotatable bonds is 1. The van der Waals surface area contributed by atoms with E-state index in [0.717, 1.165) is 6.54 Å². The number of nitrogens with one attached hydrogen (secondary N) is 1. The molecule has 1 unspecified atom stereocenters. The molecule has 1 rings (SSSR count). The first kappa shape index (κ1) is 7.50. The van der Waals surface area contributed by atoms with Crippen LogP contribution >= 0.6 is 0 Å². The van der Waals surface area contributed by atoms with Gasteiger partial charge in [0.25, 0.3) is 0 Å². The molecule has 4 nitrogen and oxygen atoms in total. The summed E-state index contributed by atoms with van der Waals surface area (Å²) in [5.41, 5.74) is 5.54. The van der Waals surface area contributed by atoms with Crippen molar-refractivity contribution in [1.29, 1.82) is 0 Å². The minimum absolute atomic E-state index is 0.216. The molecule has 1 heterocycles. The van der Waals surface area contributed by atoms with Crippen molar-refractivity contribution in [2.75, 3.05) is 13.1 Å². The number of hydrogen-bond acceptors (Lipinski definition) is 3. The highest BCUT2D eigenvalue weighted by atomic mass is 16.4. The Bertz CT molecular complexity index is 138. The van der Waals surface area contributed by atoms with Gasteiger partial charge < -0.3 is 16.2 Å². The Morgan fingerprint density at radius 2 is 2.40 bits per heavy atom. The predicted molar refractivity (Wildman–Crippen MR) is 36.6 cm³/mol. The summed E-state index contributed by atoms with van der Waals surface area (Å²) in [5.74, 6) is -1.12. The third-order valence-corrected chi connectivity index (χ3v) is 1.85. The Balaban J connectivity index is 2.47. The fourth-order valence-corrected chi connectivity index (χ4v) is 1.19. The van der Waals surface area contributed by atoms with Crippen LogP contribution in [0.3, 0.4) is 0 Å². The van der Waals surface area contributed by atoms with Crippen molar-refractivity contribution in [3.05, 3.63) is 0 Å². The van der Waals surface area contributed by atoms with Crippen LogP contribution in [0, 0.1) is 5.92 Å². The molecule has 1 fully saturated rings. The average Bonchev–Trinajstić information content (AvgIpc) is 1.88. The molecule has 0 aliphatic carbocycles. The normalized spacial score (nSPS) is 33.7. The third kappa shape index (κ3) is 1.46. The van der Waals surface area contributed by atoms with E-state index in [-0.39, 0.29) is 12.0 Å². The SMILES string of the molecule is N[C@H]1CNCCC1C(=O)O. The number of carboxylic acids is 1. The molecule has 4 N–H and O–H groups in total. The number of piperidine rings is 1. The fourth-order valence-electron chi connectivity index (χ4n) is 1.19. The minimum Gasteiger partial charge on any atom is -0.481 e. The minimum atomic E-state index is -0.769. The first-order chi connectivity index (χ1) is 4.72. The lowest BCUT2D eigenvalue weighted by Crippen LogP contribution is -2.48. The summed E-state index contributed by atoms with van der Waals surface area (Å²) in [6.07, 6.45) is 0.649. The average molecular weight is 144 g/mol. The second-order valence-electron chi connectivity index (χ2n) is 2.60. The second kappa shape index (κ2) is 2.98. The number of hydrogen-bond donors (Lipinski definition) is 3. The molecular weight excluding hydrogens is 132 g/mol. The van der Waals surface area contributed by atoms with E-state index in [4.69, 9.17) is 10.8 Å². The number of nitrogens with two attached hydrogens (primary N) is 1. The molecule has 0 spiro atoms. The Morgan fingerprint density at radius 1 is 1.70 bits per heavy atom. The van der Waals surface area contributed by atoms with Gasteiger partial charge in [-0.15, -0.1) is 0 Å². The van der Waals surface area contributed by atoms with Crippen LogP contribution in [0.25, 0.3) is 0 Å². The van der Waals surface area contributed by atoms with Crippen molar-refractivity contribution < 1.29 is 9.90 Å². The van der Waals surface area contributed by atoms with Gasteiger partial charge in [-0.05, 0) is 13.0 Å². The van der Waals surface area contributed by atoms with Gasteiger partial charge in [0.1, 0.15) is 0 Å². The molecule has 1 saturated heterocycles. The molecule has 0 amide bonds. The molecular formula is C6H12N2O2. The lowest BCUT2D eigenvalue weighted by atomic mass is 9.94. The van der Waals surface area contributed by atoms with E-state index in [9.17, 15) is 4.79 Å². The first-order valence-corrected chi connectivity index (χ1v) is 3.41. The molecule has 0 bridgehead atoms. The standard InChI is InChI=1S/C6H12N2O2/c7-5-3-8-2-1-4(5)6(9)10/h4-5,8H,1-3,7H2,(H,9,10)/t4?,5-/m0/s1. The summed E-state index contributed by atoms with van der Waals surface area (Å²) in [4.78, 5) is 10.5. The number of carboxylic acid groups (broad SMARTS) is 1. The van der Waals surface area contributed by atoms with Crippen LogP contribution < -0.4 is 11.1 Å². The molecule has 0 radical (unpaired) electrons. The van der Waals surface area contributed by atoms with Crippen LogP contribution in [0.15, 0.2) is 0 Å². The van der Waals surface area contributed by atoms with E-state index in [1.54, 1.807) is 0 Å². The van der Waals surface area contributed by atoms with Crippen molar-refractivity contribution in [3.63, 3.8) is 0 Å². The summed E-state index contributed by atoms with van der Waals surface area (Å²) in [5, 5.41) is 11.6. The quantitative estimate of drug-likeness (QED) is 0.441. The Kier molecular flexibility index (Phi) is 2.24. The van der Waals surface area contributed by atoms with E-state index < -0.39 is 5.97 Å². The van der Waals surface area contributed by atoms with E-state index in [2.05, 4.69) is 5.32 Å². The van der Waals surface area contributed by atoms with Crippen LogP contribution in [0.4, 0.5) is 0 Å². The van der Waals surface area contributed by atoms with Gasteiger partial charge in [0.15, 0.2) is 0 Å². The van der Waals surface area contributed by atoms with Crippen molar-refractivity contribution >= 4 is 5.97 Å². The van der Waals surface area contributed by atoms with Gasteiger partial charge in [0, 0.05) is 12.6 Å². The summed E-state index contributed by atoms with van der Waals surface area (Å²) >= 11 is 0. The van der Waals surface area contributed by atoms with Crippen LogP contribution in [-0.4, -0.2) is 30.2 Å². The Hall–Kier alpha value is -0.610. The van der Waals surface area contributed by atoms with Gasteiger partial charge in [-0.3, -0.25) is 4.79 Å². The van der Waals surface area contributed by atoms with Crippen molar-refractivity contribution in [2.45, 2.75) is 12.5 Å². The van der Waals surface area contributed by atoms with Gasteiger partial charge in [-0.25, -0.2) is 0 Å². The van der Waals surface area contributed by atoms with Gasteiger partial charge in [0.05, 0.1) is 5.92 Å². The number of aliphatic carboxylic acids is 1. The number of carbonyl (C=O) groups is 1. The van der Waals surface area contributed by atoms with Crippen LogP contribution in [0.2, 0.25) is 0 Å². The van der Waals surface area contributed by atoms with Gasteiger partial charge >= 0.3 is 5.97 Å². The maximum Gasteiger partial charge on any atom is 0.308 e. The van der Waals surface area contributed by atoms with Crippen LogP contribution in [0.5, 0.6) is 0 Å². The lowest BCUT2D eigenvalue weighted by Gasteiger charge is -2.25. The second-order valence-corrected chi connectivity index (χ2v) is 2.60. The highest BCUT2D eigenvalue weighted by molar-refractivity contribution is 5.71. The Labute approximate surface area is 59.4 Å². The van der Waals surface area contributed by atoms with Gasteiger partial charge in [-0.2, -0.15) is 0 Å². The molecule has 0 aromatic rings. The van der Waals surface area contributed by atoms with Crippen molar-refractivity contribution in [3.8, 4) is 0 Å². The van der Waals surface area contributed by atoms with Crippen molar-refractivity contribution in [1.82, 2.24) is 5.32 Å². The highest BCUT2D eigenvalue weighted by Crippen LogP contribution is 2.09. The zero-order valence-corrected chi connectivity index (χ0v) is 5.71. The molecule has 58 valence electrons. The monoisotopic (exact) mass is 144 g/mol. The lowest BCUT2D eigenvalue weighted by molar-refractivity contribution is -0.143. The van der Waals surface area contributed by atoms with E-state index in [1.165, 1.54) is 0 Å². The predicted octanol–water partition coefficient (Wildman–Crippen LogP) is -0.992. The Morgan fingerprint density at radius 3 is 2.80 bits per heavy atom.